The van der Waals surface area contributed by atoms with Gasteiger partial charge in [-0.2, -0.15) is 4.98 Å². The van der Waals surface area contributed by atoms with Gasteiger partial charge in [-0.1, -0.05) is 127 Å². The predicted octanol–water partition coefficient (Wildman–Crippen LogP) is 12.5. The highest BCUT2D eigenvalue weighted by molar-refractivity contribution is 7.23. The van der Waals surface area contributed by atoms with Crippen LogP contribution >= 0.6 is 11.3 Å². The molecular weight excluding hydrogens is 685 g/mol. The number of thiazole rings is 1. The first-order valence-electron chi connectivity index (χ1n) is 18.6. The Bertz CT molecular complexity index is 2830. The molecule has 0 aliphatic rings. The number of fused-ring (bicyclic) bond motifs is 6. The molecule has 0 aliphatic carbocycles. The van der Waals surface area contributed by atoms with Crippen molar-refractivity contribution in [1.29, 1.82) is 0 Å². The summed E-state index contributed by atoms with van der Waals surface area (Å²) >= 11 is 1.66. The highest BCUT2D eigenvalue weighted by atomic mass is 32.1. The lowest BCUT2D eigenvalue weighted by atomic mass is 9.85. The van der Waals surface area contributed by atoms with Crippen molar-refractivity contribution in [3.63, 3.8) is 0 Å². The van der Waals surface area contributed by atoms with E-state index in [1.165, 1.54) is 16.7 Å². The van der Waals surface area contributed by atoms with Crippen molar-refractivity contribution < 1.29 is 4.74 Å². The van der Waals surface area contributed by atoms with Crippen LogP contribution in [0.4, 0.5) is 0 Å². The predicted molar refractivity (Wildman–Crippen MR) is 223 cm³/mol. The highest BCUT2D eigenvalue weighted by Gasteiger charge is 2.25. The minimum absolute atomic E-state index is 0.164. The fourth-order valence-electron chi connectivity index (χ4n) is 7.63. The molecule has 0 N–H and O–H groups in total. The van der Waals surface area contributed by atoms with E-state index in [2.05, 4.69) is 159 Å². The van der Waals surface area contributed by atoms with E-state index in [-0.39, 0.29) is 5.41 Å². The first-order valence-corrected chi connectivity index (χ1v) is 19.4. The Hall–Kier alpha value is -5.86. The van der Waals surface area contributed by atoms with Gasteiger partial charge in [0.05, 0.1) is 21.4 Å². The zero-order valence-electron chi connectivity index (χ0n) is 31.6. The summed E-state index contributed by atoms with van der Waals surface area (Å²) < 4.78 is 12.3. The maximum atomic E-state index is 6.70. The molecule has 0 saturated carbocycles. The van der Waals surface area contributed by atoms with Crippen LogP contribution < -0.4 is 4.74 Å². The Kier molecular flexibility index (Phi) is 8.12. The normalized spacial score (nSPS) is 12.3. The molecule has 0 amide bonds. The average molecular weight is 727 g/mol. The number of aromatic nitrogens is 6. The lowest BCUT2D eigenvalue weighted by Gasteiger charge is -2.21. The van der Waals surface area contributed by atoms with Crippen molar-refractivity contribution in [3.05, 3.63) is 132 Å². The van der Waals surface area contributed by atoms with Crippen LogP contribution in [0.2, 0.25) is 0 Å². The molecule has 0 saturated heterocycles. The molecule has 268 valence electrons. The summed E-state index contributed by atoms with van der Waals surface area (Å²) in [6.45, 7) is 15.6. The second-order valence-corrected chi connectivity index (χ2v) is 16.7. The van der Waals surface area contributed by atoms with Crippen LogP contribution in [0.25, 0.3) is 65.2 Å². The second-order valence-electron chi connectivity index (χ2n) is 15.7. The van der Waals surface area contributed by atoms with Gasteiger partial charge >= 0.3 is 0 Å². The molecule has 0 bridgehead atoms. The van der Waals surface area contributed by atoms with E-state index in [0.29, 0.717) is 23.6 Å². The van der Waals surface area contributed by atoms with Gasteiger partial charge in [0.15, 0.2) is 0 Å². The Morgan fingerprint density at radius 3 is 2.11 bits per heavy atom. The van der Waals surface area contributed by atoms with Gasteiger partial charge in [-0.05, 0) is 70.5 Å². The lowest BCUT2D eigenvalue weighted by Crippen LogP contribution is -2.15. The number of nitrogens with zero attached hydrogens (tertiary/aromatic N) is 6. The SMILES string of the molecule is CC(C)c1cccc(C(C)C)c1-c1cc(Oc2ccc3c4ccccc4n(-c4ccc5sc6nnc(C(C)(C)C)n6c5c4)c3n2)nc(-c2ccccc2)c1. The lowest BCUT2D eigenvalue weighted by molar-refractivity contribution is 0.447. The zero-order valence-corrected chi connectivity index (χ0v) is 32.4. The molecule has 7 nitrogen and oxygen atoms in total. The van der Waals surface area contributed by atoms with E-state index >= 15 is 0 Å². The Morgan fingerprint density at radius 2 is 1.37 bits per heavy atom. The summed E-state index contributed by atoms with van der Waals surface area (Å²) in [7, 11) is 0. The smallest absolute Gasteiger partial charge is 0.223 e. The molecule has 5 aromatic heterocycles. The monoisotopic (exact) mass is 726 g/mol. The number of pyridine rings is 2. The van der Waals surface area contributed by atoms with Crippen molar-refractivity contribution in [2.75, 3.05) is 0 Å². The first kappa shape index (κ1) is 33.9. The standard InChI is InChI=1S/C46H42N6OS/c1-27(2)32-17-13-18-33(28(3)4)42(32)30-24-36(29-14-9-8-10-15-29)47-41(25-30)53-40-23-21-35-34-16-11-12-19-37(34)51(43(35)48-40)31-20-22-39-38(26-31)52-44(46(5,6)7)49-50-45(52)54-39/h8-28H,1-7H3. The number of hydrogen-bond acceptors (Lipinski definition) is 6. The third-order valence-corrected chi connectivity index (χ3v) is 11.2. The molecule has 0 spiro atoms. The van der Waals surface area contributed by atoms with Crippen molar-refractivity contribution in [2.45, 2.75) is 65.7 Å². The minimum atomic E-state index is -0.164. The first-order chi connectivity index (χ1) is 26.0. The largest absolute Gasteiger partial charge is 0.421 e. The average Bonchev–Trinajstić information content (AvgIpc) is 3.84. The molecule has 9 rings (SSSR count). The molecule has 0 atom stereocenters. The fourth-order valence-corrected chi connectivity index (χ4v) is 8.58. The molecule has 0 radical (unpaired) electrons. The summed E-state index contributed by atoms with van der Waals surface area (Å²) in [6.07, 6.45) is 0. The van der Waals surface area contributed by atoms with Crippen molar-refractivity contribution in [3.8, 4) is 39.8 Å². The Morgan fingerprint density at radius 1 is 0.630 bits per heavy atom. The summed E-state index contributed by atoms with van der Waals surface area (Å²) in [5, 5.41) is 11.3. The molecule has 9 aromatic rings. The van der Waals surface area contributed by atoms with Gasteiger partial charge in [0.25, 0.3) is 0 Å². The molecule has 0 aliphatic heterocycles. The number of benzene rings is 4. The summed E-state index contributed by atoms with van der Waals surface area (Å²) in [4.78, 5) is 11.2. The minimum Gasteiger partial charge on any atom is -0.421 e. The summed E-state index contributed by atoms with van der Waals surface area (Å²) in [5.74, 6) is 2.61. The maximum Gasteiger partial charge on any atom is 0.223 e. The van der Waals surface area contributed by atoms with E-state index in [4.69, 9.17) is 14.7 Å². The topological polar surface area (TPSA) is 70.1 Å². The van der Waals surface area contributed by atoms with Crippen LogP contribution in [-0.4, -0.2) is 29.1 Å². The van der Waals surface area contributed by atoms with Crippen molar-refractivity contribution in [1.82, 2.24) is 29.1 Å². The second kappa shape index (κ2) is 12.9. The van der Waals surface area contributed by atoms with Gasteiger partial charge < -0.3 is 4.74 Å². The van der Waals surface area contributed by atoms with Gasteiger partial charge in [-0.25, -0.2) is 4.98 Å². The molecule has 4 aromatic carbocycles. The van der Waals surface area contributed by atoms with Gasteiger partial charge in [0, 0.05) is 39.6 Å². The molecule has 8 heteroatoms. The van der Waals surface area contributed by atoms with Gasteiger partial charge in [0.1, 0.15) is 11.5 Å². The summed E-state index contributed by atoms with van der Waals surface area (Å²) in [6, 6.07) is 40.4. The third kappa shape index (κ3) is 5.73. The van der Waals surface area contributed by atoms with Gasteiger partial charge in [-0.3, -0.25) is 8.97 Å². The van der Waals surface area contributed by atoms with Crippen molar-refractivity contribution in [2.24, 2.45) is 0 Å². The van der Waals surface area contributed by atoms with Crippen LogP contribution in [0.5, 0.6) is 11.8 Å². The van der Waals surface area contributed by atoms with Gasteiger partial charge in [0.2, 0.25) is 16.7 Å². The molecular formula is C46H42N6OS. The van der Waals surface area contributed by atoms with E-state index in [9.17, 15) is 0 Å². The number of hydrogen-bond donors (Lipinski definition) is 0. The Labute approximate surface area is 318 Å². The van der Waals surface area contributed by atoms with E-state index in [1.807, 2.05) is 24.3 Å². The molecule has 0 fully saturated rings. The molecule has 54 heavy (non-hydrogen) atoms. The fraction of sp³-hybridized carbons (Fsp3) is 0.217. The van der Waals surface area contributed by atoms with Crippen LogP contribution in [-0.2, 0) is 5.41 Å². The van der Waals surface area contributed by atoms with Crippen LogP contribution in [0.1, 0.15) is 77.3 Å². The Balaban J connectivity index is 1.22. The maximum absolute atomic E-state index is 6.70. The van der Waals surface area contributed by atoms with Crippen LogP contribution in [0.15, 0.2) is 115 Å². The van der Waals surface area contributed by atoms with E-state index in [0.717, 1.165) is 65.4 Å². The quantitative estimate of drug-likeness (QED) is 0.163. The third-order valence-electron chi connectivity index (χ3n) is 10.2. The highest BCUT2D eigenvalue weighted by Crippen LogP contribution is 2.40. The molecule has 0 unspecified atom stereocenters. The number of rotatable bonds is 7. The van der Waals surface area contributed by atoms with Crippen molar-refractivity contribution >= 4 is 48.5 Å². The number of para-hydroxylation sites is 1. The van der Waals surface area contributed by atoms with Gasteiger partial charge in [-0.15, -0.1) is 10.2 Å². The summed E-state index contributed by atoms with van der Waals surface area (Å²) in [5.41, 5.74) is 10.6. The van der Waals surface area contributed by atoms with Crippen LogP contribution in [0, 0.1) is 0 Å². The zero-order chi connectivity index (χ0) is 37.3. The van der Waals surface area contributed by atoms with E-state index < -0.39 is 0 Å². The molecule has 5 heterocycles. The van der Waals surface area contributed by atoms with E-state index in [1.54, 1.807) is 11.3 Å². The van der Waals surface area contributed by atoms with Crippen LogP contribution in [0.3, 0.4) is 0 Å². The number of ether oxygens (including phenoxy) is 1.